The summed E-state index contributed by atoms with van der Waals surface area (Å²) in [4.78, 5) is 20.8. The van der Waals surface area contributed by atoms with Crippen molar-refractivity contribution in [3.63, 3.8) is 0 Å². The summed E-state index contributed by atoms with van der Waals surface area (Å²) in [5.74, 6) is 0.592. The maximum absolute atomic E-state index is 10.7. The van der Waals surface area contributed by atoms with Gasteiger partial charge in [-0.3, -0.25) is 4.79 Å². The predicted octanol–water partition coefficient (Wildman–Crippen LogP) is 1.91. The van der Waals surface area contributed by atoms with Crippen LogP contribution in [0.3, 0.4) is 0 Å². The smallest absolute Gasteiger partial charge is 0.217 e. The lowest BCUT2D eigenvalue weighted by Gasteiger charge is -2.15. The van der Waals surface area contributed by atoms with Gasteiger partial charge in [0.05, 0.1) is 0 Å². The Morgan fingerprint density at radius 3 is 2.43 bits per heavy atom. The van der Waals surface area contributed by atoms with Gasteiger partial charge in [-0.2, -0.15) is 0 Å². The molecule has 3 nitrogen and oxygen atoms in total. The Hall–Kier alpha value is -0.860. The summed E-state index contributed by atoms with van der Waals surface area (Å²) in [7, 11) is 0. The van der Waals surface area contributed by atoms with Crippen LogP contribution in [0.15, 0.2) is 0 Å². The average molecular weight is 199 g/mol. The highest BCUT2D eigenvalue weighted by atomic mass is 16.1. The van der Waals surface area contributed by atoms with Crippen LogP contribution in [0.2, 0.25) is 0 Å². The van der Waals surface area contributed by atoms with E-state index < -0.39 is 0 Å². The van der Waals surface area contributed by atoms with Crippen LogP contribution in [-0.4, -0.2) is 18.2 Å². The van der Waals surface area contributed by atoms with Crippen LogP contribution < -0.4 is 5.32 Å². The van der Waals surface area contributed by atoms with Crippen molar-refractivity contribution in [1.29, 1.82) is 0 Å². The molecule has 0 spiro atoms. The molecule has 0 saturated carbocycles. The first-order valence-electron chi connectivity index (χ1n) is 5.27. The molecule has 0 aromatic heterocycles. The minimum atomic E-state index is 0.0260. The van der Waals surface area contributed by atoms with Crippen molar-refractivity contribution in [2.24, 2.45) is 5.92 Å². The third-order valence-corrected chi connectivity index (χ3v) is 2.32. The van der Waals surface area contributed by atoms with Gasteiger partial charge in [0, 0.05) is 19.4 Å². The van der Waals surface area contributed by atoms with Crippen LogP contribution in [0.4, 0.5) is 0 Å². The quantitative estimate of drug-likeness (QED) is 0.637. The monoisotopic (exact) mass is 199 g/mol. The molecule has 14 heavy (non-hydrogen) atoms. The van der Waals surface area contributed by atoms with Gasteiger partial charge in [0.25, 0.3) is 0 Å². The molecule has 0 saturated heterocycles. The molecule has 0 aliphatic carbocycles. The topological polar surface area (TPSA) is 46.2 Å². The number of rotatable bonds is 7. The minimum Gasteiger partial charge on any atom is -0.354 e. The largest absolute Gasteiger partial charge is 0.354 e. The fraction of sp³-hybridized carbons (Fsp3) is 0.818. The fourth-order valence-electron chi connectivity index (χ4n) is 1.45. The molecule has 0 heterocycles. The van der Waals surface area contributed by atoms with Crippen LogP contribution in [-0.2, 0) is 9.59 Å². The second-order valence-electron chi connectivity index (χ2n) is 4.03. The molecule has 0 bridgehead atoms. The molecule has 0 aromatic rings. The van der Waals surface area contributed by atoms with Crippen LogP contribution in [0.5, 0.6) is 0 Å². The van der Waals surface area contributed by atoms with Gasteiger partial charge in [-0.25, -0.2) is 0 Å². The SMILES string of the molecule is CC(=O)N[C@H](C)CC[C@H](C)CCC=O. The van der Waals surface area contributed by atoms with Crippen LogP contribution in [0.25, 0.3) is 0 Å². The van der Waals surface area contributed by atoms with Gasteiger partial charge in [-0.1, -0.05) is 6.92 Å². The van der Waals surface area contributed by atoms with E-state index in [9.17, 15) is 9.59 Å². The third-order valence-electron chi connectivity index (χ3n) is 2.32. The first-order chi connectivity index (χ1) is 6.56. The first kappa shape index (κ1) is 13.1. The zero-order valence-electron chi connectivity index (χ0n) is 9.38. The number of hydrogen-bond acceptors (Lipinski definition) is 2. The maximum atomic E-state index is 10.7. The summed E-state index contributed by atoms with van der Waals surface area (Å²) >= 11 is 0. The van der Waals surface area contributed by atoms with E-state index in [1.165, 1.54) is 6.92 Å². The Balaban J connectivity index is 3.49. The van der Waals surface area contributed by atoms with Crippen LogP contribution in [0, 0.1) is 5.92 Å². The second-order valence-corrected chi connectivity index (χ2v) is 4.03. The van der Waals surface area contributed by atoms with E-state index in [-0.39, 0.29) is 11.9 Å². The van der Waals surface area contributed by atoms with Crippen molar-refractivity contribution in [2.75, 3.05) is 0 Å². The van der Waals surface area contributed by atoms with Gasteiger partial charge in [0.1, 0.15) is 6.29 Å². The van der Waals surface area contributed by atoms with Crippen molar-refractivity contribution in [2.45, 2.75) is 52.5 Å². The lowest BCUT2D eigenvalue weighted by molar-refractivity contribution is -0.119. The fourth-order valence-corrected chi connectivity index (χ4v) is 1.45. The number of carbonyl (C=O) groups excluding carboxylic acids is 2. The van der Waals surface area contributed by atoms with Crippen LogP contribution in [0.1, 0.15) is 46.5 Å². The summed E-state index contributed by atoms with van der Waals surface area (Å²) in [6, 6.07) is 0.242. The van der Waals surface area contributed by atoms with Crippen molar-refractivity contribution in [3.8, 4) is 0 Å². The molecule has 0 aliphatic heterocycles. The average Bonchev–Trinajstić information content (AvgIpc) is 2.10. The summed E-state index contributed by atoms with van der Waals surface area (Å²) in [5.41, 5.74) is 0. The van der Waals surface area contributed by atoms with Gasteiger partial charge in [-0.15, -0.1) is 0 Å². The summed E-state index contributed by atoms with van der Waals surface area (Å²) < 4.78 is 0. The van der Waals surface area contributed by atoms with Crippen molar-refractivity contribution in [1.82, 2.24) is 5.32 Å². The normalized spacial score (nSPS) is 14.5. The Bertz CT molecular complexity index is 180. The predicted molar refractivity (Wildman–Crippen MR) is 57.0 cm³/mol. The number of nitrogens with one attached hydrogen (secondary N) is 1. The zero-order chi connectivity index (χ0) is 11.0. The highest BCUT2D eigenvalue weighted by Crippen LogP contribution is 2.13. The summed E-state index contributed by atoms with van der Waals surface area (Å²) in [6.45, 7) is 5.68. The highest BCUT2D eigenvalue weighted by molar-refractivity contribution is 5.73. The Labute approximate surface area is 86.3 Å². The van der Waals surface area contributed by atoms with E-state index in [0.717, 1.165) is 25.5 Å². The van der Waals surface area contributed by atoms with E-state index in [4.69, 9.17) is 0 Å². The first-order valence-corrected chi connectivity index (χ1v) is 5.27. The molecule has 3 heteroatoms. The van der Waals surface area contributed by atoms with Gasteiger partial charge in [0.15, 0.2) is 0 Å². The molecule has 0 aromatic carbocycles. The highest BCUT2D eigenvalue weighted by Gasteiger charge is 2.06. The molecule has 0 fully saturated rings. The second kappa shape index (κ2) is 7.54. The number of aldehydes is 1. The summed E-state index contributed by atoms with van der Waals surface area (Å²) in [6.07, 6.45) is 4.62. The van der Waals surface area contributed by atoms with Crippen molar-refractivity contribution < 1.29 is 9.59 Å². The van der Waals surface area contributed by atoms with Gasteiger partial charge >= 0.3 is 0 Å². The number of amides is 1. The third kappa shape index (κ3) is 7.77. The maximum Gasteiger partial charge on any atom is 0.217 e. The van der Waals surface area contributed by atoms with E-state index in [1.54, 1.807) is 0 Å². The van der Waals surface area contributed by atoms with E-state index in [1.807, 2.05) is 6.92 Å². The molecule has 1 amide bonds. The van der Waals surface area contributed by atoms with E-state index >= 15 is 0 Å². The minimum absolute atomic E-state index is 0.0260. The van der Waals surface area contributed by atoms with Crippen molar-refractivity contribution >= 4 is 12.2 Å². The molecule has 2 atom stereocenters. The molecule has 0 unspecified atom stereocenters. The van der Waals surface area contributed by atoms with Crippen LogP contribution >= 0.6 is 0 Å². The molecule has 1 N–H and O–H groups in total. The van der Waals surface area contributed by atoms with Gasteiger partial charge in [-0.05, 0) is 32.1 Å². The van der Waals surface area contributed by atoms with Crippen molar-refractivity contribution in [3.05, 3.63) is 0 Å². The number of hydrogen-bond donors (Lipinski definition) is 1. The lowest BCUT2D eigenvalue weighted by Crippen LogP contribution is -2.30. The Morgan fingerprint density at radius 2 is 1.93 bits per heavy atom. The Morgan fingerprint density at radius 1 is 1.29 bits per heavy atom. The number of carbonyl (C=O) groups is 2. The lowest BCUT2D eigenvalue weighted by atomic mass is 9.98. The molecular weight excluding hydrogens is 178 g/mol. The molecule has 0 aliphatic rings. The molecule has 0 radical (unpaired) electrons. The molecular formula is C11H21NO2. The van der Waals surface area contributed by atoms with E-state index in [2.05, 4.69) is 12.2 Å². The molecule has 0 rings (SSSR count). The zero-order valence-corrected chi connectivity index (χ0v) is 9.38. The van der Waals surface area contributed by atoms with Gasteiger partial charge in [0.2, 0.25) is 5.91 Å². The Kier molecular flexibility index (Phi) is 7.07. The van der Waals surface area contributed by atoms with Gasteiger partial charge < -0.3 is 10.1 Å². The summed E-state index contributed by atoms with van der Waals surface area (Å²) in [5, 5.41) is 2.85. The standard InChI is InChI=1S/C11H21NO2/c1-9(5-4-8-13)6-7-10(2)12-11(3)14/h8-10H,4-7H2,1-3H3,(H,12,14)/t9-,10-/m1/s1. The van der Waals surface area contributed by atoms with E-state index in [0.29, 0.717) is 12.3 Å². The molecule has 82 valence electrons.